The maximum atomic E-state index is 11.8. The summed E-state index contributed by atoms with van der Waals surface area (Å²) in [5.41, 5.74) is 8.21. The molecule has 0 atom stereocenters. The van der Waals surface area contributed by atoms with Gasteiger partial charge in [0.25, 0.3) is 0 Å². The van der Waals surface area contributed by atoms with E-state index in [1.165, 1.54) is 5.56 Å². The Labute approximate surface area is 179 Å². The van der Waals surface area contributed by atoms with Gasteiger partial charge >= 0.3 is 0 Å². The molecule has 0 spiro atoms. The molecular formula is C24H23N5O2. The summed E-state index contributed by atoms with van der Waals surface area (Å²) in [5, 5.41) is 8.35. The van der Waals surface area contributed by atoms with Crippen LogP contribution in [-0.2, 0) is 13.0 Å². The molecule has 0 saturated heterocycles. The summed E-state index contributed by atoms with van der Waals surface area (Å²) in [4.78, 5) is 21.4. The molecule has 7 heteroatoms. The molecule has 7 nitrogen and oxygen atoms in total. The SMILES string of the molecule is NC(=O)c1cccc2c(-c3nc4c(c(NCc5ccccc5)n3)CCCCN4)occ12. The summed E-state index contributed by atoms with van der Waals surface area (Å²) in [6.07, 6.45) is 4.61. The third-order valence-electron chi connectivity index (χ3n) is 5.57. The molecule has 2 aromatic heterocycles. The third kappa shape index (κ3) is 3.70. The summed E-state index contributed by atoms with van der Waals surface area (Å²) in [5.74, 6) is 2.13. The lowest BCUT2D eigenvalue weighted by Crippen LogP contribution is -2.11. The maximum absolute atomic E-state index is 11.8. The molecule has 0 fully saturated rings. The molecule has 156 valence electrons. The van der Waals surface area contributed by atoms with Gasteiger partial charge in [0.1, 0.15) is 17.9 Å². The van der Waals surface area contributed by atoms with E-state index < -0.39 is 5.91 Å². The number of nitrogens with zero attached hydrogens (tertiary/aromatic N) is 2. The van der Waals surface area contributed by atoms with Crippen LogP contribution in [-0.4, -0.2) is 22.4 Å². The topological polar surface area (TPSA) is 106 Å². The smallest absolute Gasteiger partial charge is 0.249 e. The van der Waals surface area contributed by atoms with Crippen molar-refractivity contribution in [1.82, 2.24) is 9.97 Å². The second-order valence-corrected chi connectivity index (χ2v) is 7.64. The molecule has 0 bridgehead atoms. The summed E-state index contributed by atoms with van der Waals surface area (Å²) in [6, 6.07) is 15.6. The van der Waals surface area contributed by atoms with Gasteiger partial charge in [-0.1, -0.05) is 42.5 Å². The summed E-state index contributed by atoms with van der Waals surface area (Å²) < 4.78 is 5.84. The van der Waals surface area contributed by atoms with Crippen LogP contribution in [0.3, 0.4) is 0 Å². The van der Waals surface area contributed by atoms with Gasteiger partial charge in [0.05, 0.1) is 5.56 Å². The molecule has 2 aromatic carbocycles. The number of anilines is 2. The first-order chi connectivity index (χ1) is 15.2. The van der Waals surface area contributed by atoms with Crippen molar-refractivity contribution in [3.8, 4) is 11.6 Å². The number of rotatable bonds is 5. The minimum absolute atomic E-state index is 0.419. The Morgan fingerprint density at radius 1 is 1.06 bits per heavy atom. The monoisotopic (exact) mass is 413 g/mol. The van der Waals surface area contributed by atoms with Crippen LogP contribution in [0.5, 0.6) is 0 Å². The number of fused-ring (bicyclic) bond motifs is 2. The van der Waals surface area contributed by atoms with Gasteiger partial charge in [-0.25, -0.2) is 9.97 Å². The van der Waals surface area contributed by atoms with Gasteiger partial charge in [0, 0.05) is 29.4 Å². The first kappa shape index (κ1) is 19.1. The van der Waals surface area contributed by atoms with E-state index in [9.17, 15) is 4.79 Å². The van der Waals surface area contributed by atoms with Crippen molar-refractivity contribution in [2.24, 2.45) is 5.73 Å². The van der Waals surface area contributed by atoms with E-state index >= 15 is 0 Å². The fourth-order valence-corrected chi connectivity index (χ4v) is 3.99. The Balaban J connectivity index is 1.59. The summed E-state index contributed by atoms with van der Waals surface area (Å²) >= 11 is 0. The number of primary amides is 1. The average molecular weight is 413 g/mol. The van der Waals surface area contributed by atoms with E-state index in [1.807, 2.05) is 24.3 Å². The predicted octanol–water partition coefficient (Wildman–Crippen LogP) is 4.35. The van der Waals surface area contributed by atoms with Gasteiger partial charge in [0.2, 0.25) is 5.91 Å². The number of amides is 1. The van der Waals surface area contributed by atoms with E-state index in [0.717, 1.165) is 48.4 Å². The second-order valence-electron chi connectivity index (χ2n) is 7.64. The molecule has 1 aliphatic rings. The highest BCUT2D eigenvalue weighted by atomic mass is 16.3. The fraction of sp³-hybridized carbons (Fsp3) is 0.208. The summed E-state index contributed by atoms with van der Waals surface area (Å²) in [6.45, 7) is 1.53. The van der Waals surface area contributed by atoms with Crippen molar-refractivity contribution in [3.63, 3.8) is 0 Å². The van der Waals surface area contributed by atoms with Crippen LogP contribution in [0.15, 0.2) is 59.2 Å². The number of hydrogen-bond donors (Lipinski definition) is 3. The molecule has 0 aliphatic carbocycles. The van der Waals surface area contributed by atoms with Crippen molar-refractivity contribution in [1.29, 1.82) is 0 Å². The van der Waals surface area contributed by atoms with E-state index in [-0.39, 0.29) is 0 Å². The Morgan fingerprint density at radius 2 is 1.94 bits per heavy atom. The molecule has 0 radical (unpaired) electrons. The third-order valence-corrected chi connectivity index (χ3v) is 5.57. The Kier molecular flexibility index (Phi) is 5.00. The van der Waals surface area contributed by atoms with Crippen LogP contribution < -0.4 is 16.4 Å². The molecule has 31 heavy (non-hydrogen) atoms. The van der Waals surface area contributed by atoms with Crippen LogP contribution in [0, 0.1) is 0 Å². The molecule has 1 amide bonds. The first-order valence-corrected chi connectivity index (χ1v) is 10.4. The number of hydrogen-bond acceptors (Lipinski definition) is 6. The van der Waals surface area contributed by atoms with E-state index in [4.69, 9.17) is 20.1 Å². The average Bonchev–Trinajstić information content (AvgIpc) is 3.08. The highest BCUT2D eigenvalue weighted by Gasteiger charge is 2.21. The highest BCUT2D eigenvalue weighted by molar-refractivity contribution is 6.08. The quantitative estimate of drug-likeness (QED) is 0.449. The van der Waals surface area contributed by atoms with Gasteiger partial charge < -0.3 is 20.8 Å². The van der Waals surface area contributed by atoms with Gasteiger partial charge in [-0.15, -0.1) is 0 Å². The lowest BCUT2D eigenvalue weighted by Gasteiger charge is -2.15. The molecule has 4 aromatic rings. The van der Waals surface area contributed by atoms with Crippen LogP contribution in [0.2, 0.25) is 0 Å². The van der Waals surface area contributed by atoms with Gasteiger partial charge in [-0.2, -0.15) is 0 Å². The normalized spacial score (nSPS) is 13.3. The van der Waals surface area contributed by atoms with E-state index in [0.29, 0.717) is 29.1 Å². The van der Waals surface area contributed by atoms with Crippen LogP contribution in [0.1, 0.15) is 34.3 Å². The Hall–Kier alpha value is -3.87. The zero-order valence-electron chi connectivity index (χ0n) is 17.0. The molecule has 1 aliphatic heterocycles. The standard InChI is InChI=1S/C24H23N5O2/c25-21(30)17-11-6-10-16-19(17)14-31-20(16)24-28-22-18(9-4-5-12-26-22)23(29-24)27-13-15-7-2-1-3-8-15/h1-3,6-8,10-11,14H,4-5,9,12-13H2,(H2,25,30)(H2,26,27,28,29). The van der Waals surface area contributed by atoms with Crippen molar-refractivity contribution >= 4 is 28.3 Å². The lowest BCUT2D eigenvalue weighted by molar-refractivity contribution is 0.100. The summed E-state index contributed by atoms with van der Waals surface area (Å²) in [7, 11) is 0. The fourth-order valence-electron chi connectivity index (χ4n) is 3.99. The van der Waals surface area contributed by atoms with Gasteiger partial charge in [0.15, 0.2) is 11.6 Å². The molecular weight excluding hydrogens is 390 g/mol. The Morgan fingerprint density at radius 3 is 2.77 bits per heavy atom. The van der Waals surface area contributed by atoms with Gasteiger partial charge in [-0.05, 0) is 30.9 Å². The number of furan rings is 1. The minimum Gasteiger partial charge on any atom is -0.460 e. The van der Waals surface area contributed by atoms with Crippen molar-refractivity contribution in [2.45, 2.75) is 25.8 Å². The van der Waals surface area contributed by atoms with Crippen LogP contribution >= 0.6 is 0 Å². The molecule has 0 unspecified atom stereocenters. The minimum atomic E-state index is -0.493. The number of carbonyl (C=O) groups is 1. The highest BCUT2D eigenvalue weighted by Crippen LogP contribution is 2.34. The first-order valence-electron chi connectivity index (χ1n) is 10.4. The lowest BCUT2D eigenvalue weighted by atomic mass is 10.1. The van der Waals surface area contributed by atoms with Crippen LogP contribution in [0.4, 0.5) is 11.6 Å². The number of benzene rings is 2. The van der Waals surface area contributed by atoms with Gasteiger partial charge in [-0.3, -0.25) is 4.79 Å². The van der Waals surface area contributed by atoms with Crippen molar-refractivity contribution in [3.05, 3.63) is 71.5 Å². The predicted molar refractivity (Wildman–Crippen MR) is 121 cm³/mol. The zero-order valence-corrected chi connectivity index (χ0v) is 17.0. The zero-order chi connectivity index (χ0) is 21.2. The molecule has 5 rings (SSSR count). The molecule has 3 heterocycles. The largest absolute Gasteiger partial charge is 0.460 e. The maximum Gasteiger partial charge on any atom is 0.249 e. The second kappa shape index (κ2) is 8.10. The number of nitrogens with one attached hydrogen (secondary N) is 2. The van der Waals surface area contributed by atoms with Crippen molar-refractivity contribution in [2.75, 3.05) is 17.2 Å². The number of nitrogens with two attached hydrogens (primary N) is 1. The van der Waals surface area contributed by atoms with Crippen LogP contribution in [0.25, 0.3) is 22.4 Å². The number of aromatic nitrogens is 2. The van der Waals surface area contributed by atoms with E-state index in [2.05, 4.69) is 22.8 Å². The molecule has 4 N–H and O–H groups in total. The van der Waals surface area contributed by atoms with E-state index in [1.54, 1.807) is 18.4 Å². The van der Waals surface area contributed by atoms with Crippen molar-refractivity contribution < 1.29 is 9.21 Å². The number of carbonyl (C=O) groups excluding carboxylic acids is 1. The molecule has 0 saturated carbocycles. The Bertz CT molecular complexity index is 1250.